The van der Waals surface area contributed by atoms with Crippen molar-refractivity contribution in [3.05, 3.63) is 103 Å². The van der Waals surface area contributed by atoms with Crippen molar-refractivity contribution in [1.29, 1.82) is 0 Å². The fraction of sp³-hybridized carbons (Fsp3) is 0.257. The van der Waals surface area contributed by atoms with Crippen molar-refractivity contribution < 1.29 is 52.7 Å². The van der Waals surface area contributed by atoms with E-state index >= 15 is 0 Å². The maximum atomic E-state index is 12.7. The van der Waals surface area contributed by atoms with Crippen molar-refractivity contribution in [3.8, 4) is 28.4 Å². The van der Waals surface area contributed by atoms with E-state index in [2.05, 4.69) is 13.2 Å². The molecule has 0 aliphatic rings. The molecule has 0 aliphatic carbocycles. The molecule has 46 heavy (non-hydrogen) atoms. The molecule has 0 radical (unpaired) electrons. The third kappa shape index (κ3) is 12.3. The molecule has 0 saturated heterocycles. The highest BCUT2D eigenvalue weighted by Gasteiger charge is 2.11. The lowest BCUT2D eigenvalue weighted by atomic mass is 10.0. The third-order valence-corrected chi connectivity index (χ3v) is 6.23. The van der Waals surface area contributed by atoms with E-state index in [4.69, 9.17) is 33.5 Å². The quantitative estimate of drug-likeness (QED) is 0.0450. The molecule has 11 nitrogen and oxygen atoms in total. The Bertz CT molecular complexity index is 1460. The number of rotatable bonds is 18. The van der Waals surface area contributed by atoms with E-state index in [1.807, 2.05) is 0 Å². The predicted octanol–water partition coefficient (Wildman–Crippen LogP) is 5.85. The zero-order valence-corrected chi connectivity index (χ0v) is 25.3. The fourth-order valence-electron chi connectivity index (χ4n) is 3.73. The van der Waals surface area contributed by atoms with Gasteiger partial charge in [0.2, 0.25) is 0 Å². The molecule has 0 aromatic heterocycles. The van der Waals surface area contributed by atoms with Crippen LogP contribution in [0.3, 0.4) is 0 Å². The largest absolute Gasteiger partial charge is 0.513 e. The second kappa shape index (κ2) is 19.1. The first kappa shape index (κ1) is 35.1. The van der Waals surface area contributed by atoms with Crippen molar-refractivity contribution in [2.24, 2.45) is 0 Å². The molecule has 0 bridgehead atoms. The minimum absolute atomic E-state index is 0.0160. The first-order valence-electron chi connectivity index (χ1n) is 14.5. The number of carbonyl (C=O) groups is 4. The van der Waals surface area contributed by atoms with Crippen molar-refractivity contribution in [1.82, 2.24) is 0 Å². The minimum Gasteiger partial charge on any atom is -0.494 e. The Balaban J connectivity index is 1.37. The van der Waals surface area contributed by atoms with E-state index in [1.54, 1.807) is 72.8 Å². The van der Waals surface area contributed by atoms with Gasteiger partial charge < -0.3 is 33.5 Å². The molecule has 0 unspecified atom stereocenters. The van der Waals surface area contributed by atoms with Gasteiger partial charge >= 0.3 is 24.1 Å². The lowest BCUT2D eigenvalue weighted by Gasteiger charge is -2.09. The zero-order chi connectivity index (χ0) is 33.1. The summed E-state index contributed by atoms with van der Waals surface area (Å²) in [6, 6.07) is 20.4. The van der Waals surface area contributed by atoms with Gasteiger partial charge in [-0.25, -0.2) is 19.2 Å². The molecule has 3 aromatic carbocycles. The molecule has 242 valence electrons. The van der Waals surface area contributed by atoms with Gasteiger partial charge in [0, 0.05) is 6.08 Å². The van der Waals surface area contributed by atoms with Gasteiger partial charge in [-0.2, -0.15) is 0 Å². The molecule has 0 fully saturated rings. The molecular formula is C35H36O11. The molecule has 11 heteroatoms. The Morgan fingerprint density at radius 1 is 0.630 bits per heavy atom. The van der Waals surface area contributed by atoms with Crippen molar-refractivity contribution in [2.45, 2.75) is 25.7 Å². The van der Waals surface area contributed by atoms with E-state index in [1.165, 1.54) is 0 Å². The average molecular weight is 633 g/mol. The smallest absolute Gasteiger partial charge is 0.494 e. The van der Waals surface area contributed by atoms with Crippen LogP contribution in [0.2, 0.25) is 0 Å². The minimum atomic E-state index is -0.833. The summed E-state index contributed by atoms with van der Waals surface area (Å²) in [7, 11) is 0. The number of hydrogen-bond donors (Lipinski definition) is 1. The summed E-state index contributed by atoms with van der Waals surface area (Å²) < 4.78 is 31.2. The number of unbranched alkanes of at least 4 members (excludes halogenated alkanes) is 2. The van der Waals surface area contributed by atoms with Gasteiger partial charge in [0.05, 0.1) is 44.2 Å². The van der Waals surface area contributed by atoms with Crippen molar-refractivity contribution >= 4 is 24.1 Å². The SMILES string of the molecule is C=CC(=O)OCCCCOC(=O)Oc1ccc(-c2ccc(C(=O)Oc3ccc(OCCCCOC(=O)C(=C)CO)cc3)cc2)cc1. The molecule has 1 N–H and O–H groups in total. The topological polar surface area (TPSA) is 144 Å². The second-order valence-corrected chi connectivity index (χ2v) is 9.70. The van der Waals surface area contributed by atoms with Crippen LogP contribution in [0, 0.1) is 0 Å². The highest BCUT2D eigenvalue weighted by atomic mass is 16.7. The summed E-state index contributed by atoms with van der Waals surface area (Å²) in [5, 5.41) is 8.84. The number of aliphatic hydroxyl groups is 1. The van der Waals surface area contributed by atoms with Crippen LogP contribution in [-0.4, -0.2) is 62.2 Å². The molecule has 0 spiro atoms. The van der Waals surface area contributed by atoms with Crippen LogP contribution in [0.5, 0.6) is 17.2 Å². The Kier molecular flexibility index (Phi) is 14.5. The summed E-state index contributed by atoms with van der Waals surface area (Å²) in [4.78, 5) is 46.9. The number of benzene rings is 3. The van der Waals surface area contributed by atoms with Crippen molar-refractivity contribution in [2.75, 3.05) is 33.0 Å². The summed E-state index contributed by atoms with van der Waals surface area (Å²) in [6.07, 6.45) is 2.55. The van der Waals surface area contributed by atoms with Gasteiger partial charge in [-0.15, -0.1) is 0 Å². The van der Waals surface area contributed by atoms with Gasteiger partial charge in [0.1, 0.15) is 17.2 Å². The zero-order valence-electron chi connectivity index (χ0n) is 25.3. The monoisotopic (exact) mass is 632 g/mol. The van der Waals surface area contributed by atoms with Crippen LogP contribution in [0.15, 0.2) is 97.6 Å². The van der Waals surface area contributed by atoms with E-state index in [9.17, 15) is 19.2 Å². The lowest BCUT2D eigenvalue weighted by molar-refractivity contribution is -0.140. The van der Waals surface area contributed by atoms with E-state index in [-0.39, 0.29) is 25.4 Å². The van der Waals surface area contributed by atoms with E-state index < -0.39 is 30.7 Å². The van der Waals surface area contributed by atoms with Gasteiger partial charge in [0.25, 0.3) is 0 Å². The van der Waals surface area contributed by atoms with Crippen LogP contribution in [0.25, 0.3) is 11.1 Å². The Hall–Kier alpha value is -5.42. The third-order valence-electron chi connectivity index (χ3n) is 6.23. The summed E-state index contributed by atoms with van der Waals surface area (Å²) in [5.74, 6) is -0.345. The highest BCUT2D eigenvalue weighted by Crippen LogP contribution is 2.24. The fourth-order valence-corrected chi connectivity index (χ4v) is 3.73. The molecule has 0 amide bonds. The second-order valence-electron chi connectivity index (χ2n) is 9.70. The number of esters is 3. The van der Waals surface area contributed by atoms with Crippen LogP contribution in [0.4, 0.5) is 4.79 Å². The van der Waals surface area contributed by atoms with Crippen LogP contribution < -0.4 is 14.2 Å². The number of aliphatic hydroxyl groups excluding tert-OH is 1. The molecule has 3 rings (SSSR count). The molecule has 3 aromatic rings. The van der Waals surface area contributed by atoms with Gasteiger partial charge in [0.15, 0.2) is 0 Å². The number of hydrogen-bond acceptors (Lipinski definition) is 11. The lowest BCUT2D eigenvalue weighted by Crippen LogP contribution is -2.12. The van der Waals surface area contributed by atoms with Crippen LogP contribution in [0.1, 0.15) is 36.0 Å². The van der Waals surface area contributed by atoms with Crippen LogP contribution in [-0.2, 0) is 23.8 Å². The molecule has 0 saturated carbocycles. The Morgan fingerprint density at radius 3 is 1.74 bits per heavy atom. The number of carbonyl (C=O) groups excluding carboxylic acids is 4. The predicted molar refractivity (Wildman–Crippen MR) is 168 cm³/mol. The Labute approximate surface area is 266 Å². The normalized spacial score (nSPS) is 10.3. The van der Waals surface area contributed by atoms with Gasteiger partial charge in [-0.3, -0.25) is 0 Å². The van der Waals surface area contributed by atoms with Crippen LogP contribution >= 0.6 is 0 Å². The summed E-state index contributed by atoms with van der Waals surface area (Å²) in [5.41, 5.74) is 2.08. The maximum Gasteiger partial charge on any atom is 0.513 e. The van der Waals surface area contributed by atoms with Gasteiger partial charge in [-0.05, 0) is 85.3 Å². The molecular weight excluding hydrogens is 596 g/mol. The molecule has 0 heterocycles. The van der Waals surface area contributed by atoms with Crippen molar-refractivity contribution in [3.63, 3.8) is 0 Å². The number of ether oxygens (including phenoxy) is 6. The first-order chi connectivity index (χ1) is 22.3. The van der Waals surface area contributed by atoms with Gasteiger partial charge in [-0.1, -0.05) is 37.4 Å². The summed E-state index contributed by atoms with van der Waals surface area (Å²) >= 11 is 0. The summed E-state index contributed by atoms with van der Waals surface area (Å²) in [6.45, 7) is 7.25. The first-order valence-corrected chi connectivity index (χ1v) is 14.5. The molecule has 0 atom stereocenters. The maximum absolute atomic E-state index is 12.7. The van der Waals surface area contributed by atoms with E-state index in [0.717, 1.165) is 17.2 Å². The highest BCUT2D eigenvalue weighted by molar-refractivity contribution is 5.91. The average Bonchev–Trinajstić information content (AvgIpc) is 3.08. The molecule has 0 aliphatic heterocycles. The standard InChI is InChI=1S/C35H36O11/c1-3-32(37)42-21-5-7-23-44-35(40)46-31-14-12-27(13-15-31)26-8-10-28(11-9-26)34(39)45-30-18-16-29(17-19-30)41-20-4-6-22-43-33(38)25(2)24-36/h3,8-19,36H,1-2,4-7,20-24H2. The van der Waals surface area contributed by atoms with E-state index in [0.29, 0.717) is 55.1 Å². The Morgan fingerprint density at radius 2 is 1.13 bits per heavy atom.